The molecule has 0 aliphatic carbocycles. The van der Waals surface area contributed by atoms with Gasteiger partial charge < -0.3 is 4.74 Å². The van der Waals surface area contributed by atoms with Crippen molar-refractivity contribution in [3.05, 3.63) is 41.7 Å². The second-order valence-electron chi connectivity index (χ2n) is 5.75. The van der Waals surface area contributed by atoms with Crippen LogP contribution in [0.4, 0.5) is 0 Å². The van der Waals surface area contributed by atoms with E-state index in [2.05, 4.69) is 48.0 Å². The van der Waals surface area contributed by atoms with Crippen LogP contribution in [0.3, 0.4) is 0 Å². The van der Waals surface area contributed by atoms with E-state index in [0.29, 0.717) is 5.92 Å². The summed E-state index contributed by atoms with van der Waals surface area (Å²) in [6.45, 7) is 9.17. The highest BCUT2D eigenvalue weighted by Gasteiger charge is 2.13. The molecule has 20 heavy (non-hydrogen) atoms. The number of hydrogen-bond donors (Lipinski definition) is 0. The van der Waals surface area contributed by atoms with E-state index in [1.807, 2.05) is 6.20 Å². The van der Waals surface area contributed by atoms with E-state index in [9.17, 15) is 0 Å². The van der Waals surface area contributed by atoms with E-state index in [1.54, 1.807) is 0 Å². The van der Waals surface area contributed by atoms with Crippen LogP contribution in [0.5, 0.6) is 0 Å². The van der Waals surface area contributed by atoms with Gasteiger partial charge in [-0.05, 0) is 22.9 Å². The minimum absolute atomic E-state index is 0.456. The van der Waals surface area contributed by atoms with Crippen molar-refractivity contribution in [2.24, 2.45) is 0 Å². The molecule has 1 fully saturated rings. The number of rotatable bonds is 3. The second kappa shape index (κ2) is 5.90. The van der Waals surface area contributed by atoms with Gasteiger partial charge in [0.1, 0.15) is 0 Å². The zero-order valence-corrected chi connectivity index (χ0v) is 12.3. The van der Waals surface area contributed by atoms with Crippen molar-refractivity contribution in [2.75, 3.05) is 26.3 Å². The summed E-state index contributed by atoms with van der Waals surface area (Å²) in [5.41, 5.74) is 2.60. The van der Waals surface area contributed by atoms with Crippen LogP contribution in [0.25, 0.3) is 10.8 Å². The fraction of sp³-hybridized carbons (Fsp3) is 0.471. The highest BCUT2D eigenvalue weighted by atomic mass is 16.5. The van der Waals surface area contributed by atoms with Crippen molar-refractivity contribution >= 4 is 10.8 Å². The third kappa shape index (κ3) is 2.69. The van der Waals surface area contributed by atoms with E-state index >= 15 is 0 Å². The van der Waals surface area contributed by atoms with E-state index in [-0.39, 0.29) is 0 Å². The normalized spacial score (nSPS) is 16.9. The van der Waals surface area contributed by atoms with Crippen molar-refractivity contribution < 1.29 is 4.74 Å². The van der Waals surface area contributed by atoms with Crippen LogP contribution in [0.2, 0.25) is 0 Å². The molecule has 0 N–H and O–H groups in total. The van der Waals surface area contributed by atoms with Crippen molar-refractivity contribution in [1.29, 1.82) is 0 Å². The Morgan fingerprint density at radius 3 is 2.70 bits per heavy atom. The number of benzene rings is 1. The molecule has 0 spiro atoms. The molecule has 1 aliphatic heterocycles. The van der Waals surface area contributed by atoms with Crippen molar-refractivity contribution in [2.45, 2.75) is 26.3 Å². The topological polar surface area (TPSA) is 25.4 Å². The summed E-state index contributed by atoms with van der Waals surface area (Å²) in [7, 11) is 0. The van der Waals surface area contributed by atoms with E-state index in [4.69, 9.17) is 4.74 Å². The molecule has 1 aromatic heterocycles. The maximum Gasteiger partial charge on any atom is 0.0594 e. The lowest BCUT2D eigenvalue weighted by atomic mass is 9.98. The summed E-state index contributed by atoms with van der Waals surface area (Å²) >= 11 is 0. The summed E-state index contributed by atoms with van der Waals surface area (Å²) in [5, 5.41) is 2.64. The first-order valence-corrected chi connectivity index (χ1v) is 7.42. The SMILES string of the molecule is CC(C)c1nccc2c(CN3CCOCC3)cccc12. The lowest BCUT2D eigenvalue weighted by Gasteiger charge is -2.27. The Hall–Kier alpha value is -1.45. The third-order valence-corrected chi connectivity index (χ3v) is 3.97. The highest BCUT2D eigenvalue weighted by Crippen LogP contribution is 2.26. The van der Waals surface area contributed by atoms with E-state index in [0.717, 1.165) is 32.8 Å². The number of nitrogens with zero attached hydrogens (tertiary/aromatic N) is 2. The van der Waals surface area contributed by atoms with Gasteiger partial charge in [0, 0.05) is 31.2 Å². The molecule has 1 aromatic carbocycles. The van der Waals surface area contributed by atoms with Crippen LogP contribution in [0, 0.1) is 0 Å². The van der Waals surface area contributed by atoms with Crippen LogP contribution in [0.1, 0.15) is 31.0 Å². The largest absolute Gasteiger partial charge is 0.379 e. The summed E-state index contributed by atoms with van der Waals surface area (Å²) in [5.74, 6) is 0.456. The summed E-state index contributed by atoms with van der Waals surface area (Å²) in [6.07, 6.45) is 1.94. The fourth-order valence-corrected chi connectivity index (χ4v) is 2.89. The van der Waals surface area contributed by atoms with Gasteiger partial charge >= 0.3 is 0 Å². The minimum atomic E-state index is 0.456. The molecule has 3 heteroatoms. The van der Waals surface area contributed by atoms with Gasteiger partial charge in [0.05, 0.1) is 18.9 Å². The number of fused-ring (bicyclic) bond motifs is 1. The Morgan fingerprint density at radius 2 is 1.95 bits per heavy atom. The number of morpholine rings is 1. The average molecular weight is 270 g/mol. The monoisotopic (exact) mass is 270 g/mol. The molecule has 1 aliphatic rings. The molecule has 0 bridgehead atoms. The van der Waals surface area contributed by atoms with Crippen molar-refractivity contribution in [3.8, 4) is 0 Å². The Kier molecular flexibility index (Phi) is 3.99. The Morgan fingerprint density at radius 1 is 1.15 bits per heavy atom. The predicted octanol–water partition coefficient (Wildman–Crippen LogP) is 3.19. The molecule has 2 heterocycles. The zero-order chi connectivity index (χ0) is 13.9. The molecule has 0 radical (unpaired) electrons. The van der Waals surface area contributed by atoms with Crippen LogP contribution >= 0.6 is 0 Å². The number of hydrogen-bond acceptors (Lipinski definition) is 3. The molecule has 3 rings (SSSR count). The maximum absolute atomic E-state index is 5.42. The molecule has 0 amide bonds. The first-order chi connectivity index (χ1) is 9.75. The fourth-order valence-electron chi connectivity index (χ4n) is 2.89. The van der Waals surface area contributed by atoms with Gasteiger partial charge in [-0.2, -0.15) is 0 Å². The van der Waals surface area contributed by atoms with Gasteiger partial charge in [-0.1, -0.05) is 32.0 Å². The first-order valence-electron chi connectivity index (χ1n) is 7.42. The van der Waals surface area contributed by atoms with Gasteiger partial charge in [-0.25, -0.2) is 0 Å². The first kappa shape index (κ1) is 13.5. The molecule has 0 saturated carbocycles. The Bertz CT molecular complexity index is 589. The van der Waals surface area contributed by atoms with Crippen LogP contribution in [-0.2, 0) is 11.3 Å². The van der Waals surface area contributed by atoms with Crippen LogP contribution in [0.15, 0.2) is 30.5 Å². The van der Waals surface area contributed by atoms with Gasteiger partial charge in [0.25, 0.3) is 0 Å². The summed E-state index contributed by atoms with van der Waals surface area (Å²) < 4.78 is 5.42. The second-order valence-corrected chi connectivity index (χ2v) is 5.75. The molecule has 106 valence electrons. The standard InChI is InChI=1S/C17H22N2O/c1-13(2)17-16-5-3-4-14(15(16)6-7-18-17)12-19-8-10-20-11-9-19/h3-7,13H,8-12H2,1-2H3. The summed E-state index contributed by atoms with van der Waals surface area (Å²) in [6, 6.07) is 8.74. The van der Waals surface area contributed by atoms with Gasteiger partial charge in [0.15, 0.2) is 0 Å². The van der Waals surface area contributed by atoms with Gasteiger partial charge in [0.2, 0.25) is 0 Å². The lowest BCUT2D eigenvalue weighted by molar-refractivity contribution is 0.0343. The number of pyridine rings is 1. The van der Waals surface area contributed by atoms with Crippen molar-refractivity contribution in [3.63, 3.8) is 0 Å². The third-order valence-electron chi connectivity index (χ3n) is 3.97. The molecule has 1 saturated heterocycles. The smallest absolute Gasteiger partial charge is 0.0594 e. The van der Waals surface area contributed by atoms with Crippen LogP contribution in [-0.4, -0.2) is 36.2 Å². The molecule has 2 aromatic rings. The molecule has 3 nitrogen and oxygen atoms in total. The highest BCUT2D eigenvalue weighted by molar-refractivity contribution is 5.87. The Balaban J connectivity index is 1.96. The van der Waals surface area contributed by atoms with Gasteiger partial charge in [-0.15, -0.1) is 0 Å². The molecular formula is C17H22N2O. The van der Waals surface area contributed by atoms with Crippen molar-refractivity contribution in [1.82, 2.24) is 9.88 Å². The maximum atomic E-state index is 5.42. The minimum Gasteiger partial charge on any atom is -0.379 e. The summed E-state index contributed by atoms with van der Waals surface area (Å²) in [4.78, 5) is 7.03. The van der Waals surface area contributed by atoms with Gasteiger partial charge in [-0.3, -0.25) is 9.88 Å². The van der Waals surface area contributed by atoms with E-state index < -0.39 is 0 Å². The Labute approximate surface area is 120 Å². The zero-order valence-electron chi connectivity index (χ0n) is 12.3. The molecular weight excluding hydrogens is 248 g/mol. The average Bonchev–Trinajstić information content (AvgIpc) is 2.48. The molecule has 0 atom stereocenters. The molecule has 0 unspecified atom stereocenters. The number of ether oxygens (including phenoxy) is 1. The number of aromatic nitrogens is 1. The van der Waals surface area contributed by atoms with E-state index in [1.165, 1.54) is 22.0 Å². The quantitative estimate of drug-likeness (QED) is 0.856. The predicted molar refractivity (Wildman–Crippen MR) is 81.9 cm³/mol. The lowest BCUT2D eigenvalue weighted by Crippen LogP contribution is -2.35. The van der Waals surface area contributed by atoms with Crippen LogP contribution < -0.4 is 0 Å².